The van der Waals surface area contributed by atoms with Crippen molar-refractivity contribution in [1.82, 2.24) is 4.98 Å². The van der Waals surface area contributed by atoms with Crippen LogP contribution in [0.4, 0.5) is 14.5 Å². The number of carbonyl (C=O) groups excluding carboxylic acids is 1. The lowest BCUT2D eigenvalue weighted by Gasteiger charge is -2.06. The molecule has 0 fully saturated rings. The number of aryl methyl sites for hydroxylation is 1. The van der Waals surface area contributed by atoms with Crippen LogP contribution in [0, 0.1) is 18.6 Å². The van der Waals surface area contributed by atoms with Gasteiger partial charge in [0, 0.05) is 11.3 Å². The van der Waals surface area contributed by atoms with E-state index in [0.29, 0.717) is 5.69 Å². The topological polar surface area (TPSA) is 82.2 Å². The summed E-state index contributed by atoms with van der Waals surface area (Å²) < 4.78 is 26.5. The number of hydrogen-bond acceptors (Lipinski definition) is 2. The highest BCUT2D eigenvalue weighted by Crippen LogP contribution is 2.18. The summed E-state index contributed by atoms with van der Waals surface area (Å²) in [6.45, 7) is 1.63. The number of nitrogens with one attached hydrogen (secondary N) is 2. The van der Waals surface area contributed by atoms with Gasteiger partial charge in [0.2, 0.25) is 5.91 Å². The first-order valence-electron chi connectivity index (χ1n) is 6.04. The molecule has 1 amide bonds. The quantitative estimate of drug-likeness (QED) is 0.810. The molecular formula is C14H12F2N2O3. The largest absolute Gasteiger partial charge is 0.477 e. The second-order valence-electron chi connectivity index (χ2n) is 4.48. The number of rotatable bonds is 4. The molecular weight excluding hydrogens is 282 g/mol. The first-order valence-corrected chi connectivity index (χ1v) is 6.04. The van der Waals surface area contributed by atoms with E-state index in [4.69, 9.17) is 5.11 Å². The van der Waals surface area contributed by atoms with Crippen LogP contribution in [0.15, 0.2) is 24.3 Å². The molecule has 110 valence electrons. The molecule has 0 radical (unpaired) electrons. The van der Waals surface area contributed by atoms with Crippen molar-refractivity contribution in [2.24, 2.45) is 0 Å². The van der Waals surface area contributed by atoms with Crippen LogP contribution < -0.4 is 5.32 Å². The normalized spacial score (nSPS) is 10.4. The lowest BCUT2D eigenvalue weighted by atomic mass is 10.1. The van der Waals surface area contributed by atoms with Crippen LogP contribution >= 0.6 is 0 Å². The average Bonchev–Trinajstić information content (AvgIpc) is 2.76. The Morgan fingerprint density at radius 1 is 1.33 bits per heavy atom. The van der Waals surface area contributed by atoms with Crippen molar-refractivity contribution >= 4 is 17.6 Å². The Labute approximate surface area is 118 Å². The molecule has 2 rings (SSSR count). The average molecular weight is 294 g/mol. The van der Waals surface area contributed by atoms with Gasteiger partial charge in [0.05, 0.1) is 12.1 Å². The van der Waals surface area contributed by atoms with Crippen LogP contribution in [0.2, 0.25) is 0 Å². The lowest BCUT2D eigenvalue weighted by molar-refractivity contribution is -0.115. The molecule has 0 saturated carbocycles. The molecule has 1 aromatic carbocycles. The van der Waals surface area contributed by atoms with Gasteiger partial charge in [-0.15, -0.1) is 0 Å². The van der Waals surface area contributed by atoms with E-state index in [-0.39, 0.29) is 16.9 Å². The third-order valence-electron chi connectivity index (χ3n) is 2.82. The lowest BCUT2D eigenvalue weighted by Crippen LogP contribution is -2.17. The Balaban J connectivity index is 2.16. The van der Waals surface area contributed by atoms with E-state index in [1.165, 1.54) is 18.2 Å². The highest BCUT2D eigenvalue weighted by molar-refractivity contribution is 6.00. The van der Waals surface area contributed by atoms with E-state index in [0.717, 1.165) is 6.07 Å². The fourth-order valence-corrected chi connectivity index (χ4v) is 1.91. The number of benzene rings is 1. The molecule has 0 bridgehead atoms. The number of aromatic nitrogens is 1. The number of amides is 1. The Bertz CT molecular complexity index is 710. The molecule has 3 N–H and O–H groups in total. The summed E-state index contributed by atoms with van der Waals surface area (Å²) in [6.07, 6.45) is -0.396. The number of halogens is 2. The molecule has 5 nitrogen and oxygen atoms in total. The Kier molecular flexibility index (Phi) is 4.02. The fraction of sp³-hybridized carbons (Fsp3) is 0.143. The first kappa shape index (κ1) is 14.7. The van der Waals surface area contributed by atoms with E-state index >= 15 is 0 Å². The molecule has 1 heterocycles. The van der Waals surface area contributed by atoms with Crippen LogP contribution in [0.5, 0.6) is 0 Å². The number of hydrogen-bond donors (Lipinski definition) is 3. The Hall–Kier alpha value is -2.70. The first-order chi connectivity index (χ1) is 9.88. The SMILES string of the molecule is Cc1cc(NC(=O)Cc2cccc(F)c2F)c(C(=O)O)[nH]1. The van der Waals surface area contributed by atoms with Gasteiger partial charge in [-0.05, 0) is 19.1 Å². The zero-order valence-corrected chi connectivity index (χ0v) is 11.0. The number of carboxylic acids is 1. The number of anilines is 1. The van der Waals surface area contributed by atoms with Gasteiger partial charge >= 0.3 is 5.97 Å². The van der Waals surface area contributed by atoms with E-state index in [1.54, 1.807) is 6.92 Å². The summed E-state index contributed by atoms with van der Waals surface area (Å²) in [5.74, 6) is -3.99. The molecule has 0 atom stereocenters. The van der Waals surface area contributed by atoms with E-state index < -0.39 is 29.9 Å². The zero-order chi connectivity index (χ0) is 15.6. The fourth-order valence-electron chi connectivity index (χ4n) is 1.91. The summed E-state index contributed by atoms with van der Waals surface area (Å²) in [5.41, 5.74) is 0.374. The minimum Gasteiger partial charge on any atom is -0.477 e. The molecule has 0 aliphatic heterocycles. The van der Waals surface area contributed by atoms with Gasteiger partial charge in [-0.2, -0.15) is 0 Å². The van der Waals surface area contributed by atoms with Crippen molar-refractivity contribution in [3.05, 3.63) is 52.9 Å². The van der Waals surface area contributed by atoms with Crippen LogP contribution in [-0.2, 0) is 11.2 Å². The maximum atomic E-state index is 13.5. The molecule has 0 saturated heterocycles. The predicted molar refractivity (Wildman–Crippen MR) is 71.2 cm³/mol. The number of carboxylic acid groups (broad SMARTS) is 1. The number of H-pyrrole nitrogens is 1. The third-order valence-corrected chi connectivity index (χ3v) is 2.82. The van der Waals surface area contributed by atoms with Crippen molar-refractivity contribution in [3.8, 4) is 0 Å². The third kappa shape index (κ3) is 3.25. The molecule has 21 heavy (non-hydrogen) atoms. The number of aromatic carboxylic acids is 1. The van der Waals surface area contributed by atoms with Crippen LogP contribution in [0.25, 0.3) is 0 Å². The Morgan fingerprint density at radius 3 is 2.71 bits per heavy atom. The molecule has 0 aliphatic rings. The minimum atomic E-state index is -1.23. The summed E-state index contributed by atoms with van der Waals surface area (Å²) in [6, 6.07) is 4.99. The van der Waals surface area contributed by atoms with Crippen molar-refractivity contribution < 1.29 is 23.5 Å². The maximum Gasteiger partial charge on any atom is 0.354 e. The second-order valence-corrected chi connectivity index (χ2v) is 4.48. The highest BCUT2D eigenvalue weighted by Gasteiger charge is 2.17. The van der Waals surface area contributed by atoms with E-state index in [1.807, 2.05) is 0 Å². The van der Waals surface area contributed by atoms with Crippen molar-refractivity contribution in [2.45, 2.75) is 13.3 Å². The van der Waals surface area contributed by atoms with Crippen LogP contribution in [0.1, 0.15) is 21.7 Å². The summed E-state index contributed by atoms with van der Waals surface area (Å²) in [5, 5.41) is 11.3. The van der Waals surface area contributed by atoms with Crippen LogP contribution in [-0.4, -0.2) is 22.0 Å². The smallest absolute Gasteiger partial charge is 0.354 e. The zero-order valence-electron chi connectivity index (χ0n) is 11.0. The molecule has 0 unspecified atom stereocenters. The standard InChI is InChI=1S/C14H12F2N2O3/c1-7-5-10(13(17-7)14(20)21)18-11(19)6-8-3-2-4-9(15)12(8)16/h2-5,17H,6H2,1H3,(H,18,19)(H,20,21). The Morgan fingerprint density at radius 2 is 2.05 bits per heavy atom. The van der Waals surface area contributed by atoms with Gasteiger partial charge in [-0.3, -0.25) is 4.79 Å². The van der Waals surface area contributed by atoms with E-state index in [2.05, 4.69) is 10.3 Å². The van der Waals surface area contributed by atoms with Gasteiger partial charge in [0.1, 0.15) is 5.69 Å². The second kappa shape index (κ2) is 5.74. The van der Waals surface area contributed by atoms with Gasteiger partial charge in [0.15, 0.2) is 11.6 Å². The maximum absolute atomic E-state index is 13.5. The summed E-state index contributed by atoms with van der Waals surface area (Å²) >= 11 is 0. The number of aromatic amines is 1. The highest BCUT2D eigenvalue weighted by atomic mass is 19.2. The monoisotopic (exact) mass is 294 g/mol. The molecule has 2 aromatic rings. The van der Waals surface area contributed by atoms with Gasteiger partial charge in [-0.25, -0.2) is 13.6 Å². The summed E-state index contributed by atoms with van der Waals surface area (Å²) in [4.78, 5) is 25.4. The van der Waals surface area contributed by atoms with Gasteiger partial charge < -0.3 is 15.4 Å². The molecule has 0 spiro atoms. The molecule has 0 aliphatic carbocycles. The van der Waals surface area contributed by atoms with Crippen molar-refractivity contribution in [2.75, 3.05) is 5.32 Å². The van der Waals surface area contributed by atoms with Gasteiger partial charge in [0.25, 0.3) is 0 Å². The van der Waals surface area contributed by atoms with Crippen molar-refractivity contribution in [3.63, 3.8) is 0 Å². The van der Waals surface area contributed by atoms with Crippen LogP contribution in [0.3, 0.4) is 0 Å². The predicted octanol–water partition coefficient (Wildman–Crippen LogP) is 2.48. The van der Waals surface area contributed by atoms with Gasteiger partial charge in [-0.1, -0.05) is 12.1 Å². The summed E-state index contributed by atoms with van der Waals surface area (Å²) in [7, 11) is 0. The molecule has 1 aromatic heterocycles. The number of carbonyl (C=O) groups is 2. The van der Waals surface area contributed by atoms with E-state index in [9.17, 15) is 18.4 Å². The minimum absolute atomic E-state index is 0.0850. The van der Waals surface area contributed by atoms with Crippen molar-refractivity contribution in [1.29, 1.82) is 0 Å². The molecule has 7 heteroatoms.